The van der Waals surface area contributed by atoms with Crippen LogP contribution in [0.15, 0.2) is 53.3 Å². The number of amides is 1. The number of fused-ring (bicyclic) bond motifs is 2. The molecule has 0 radical (unpaired) electrons. The molecule has 0 bridgehead atoms. The first-order valence-corrected chi connectivity index (χ1v) is 10.4. The van der Waals surface area contributed by atoms with E-state index in [1.165, 1.54) is 4.52 Å². The molecule has 31 heavy (non-hydrogen) atoms. The molecule has 0 spiro atoms. The zero-order valence-corrected chi connectivity index (χ0v) is 17.6. The van der Waals surface area contributed by atoms with Gasteiger partial charge in [-0.3, -0.25) is 9.59 Å². The monoisotopic (exact) mass is 413 g/mol. The van der Waals surface area contributed by atoms with Gasteiger partial charge in [-0.15, -0.1) is 5.10 Å². The van der Waals surface area contributed by atoms with Gasteiger partial charge in [-0.2, -0.15) is 9.50 Å². The fourth-order valence-electron chi connectivity index (χ4n) is 4.16. The normalized spacial score (nSPS) is 12.8. The highest BCUT2D eigenvalue weighted by Crippen LogP contribution is 2.23. The molecule has 0 saturated heterocycles. The number of hydrogen-bond donors (Lipinski definition) is 1. The fourth-order valence-corrected chi connectivity index (χ4v) is 4.16. The Kier molecular flexibility index (Phi) is 4.66. The van der Waals surface area contributed by atoms with Gasteiger partial charge in [0.1, 0.15) is 6.54 Å². The summed E-state index contributed by atoms with van der Waals surface area (Å²) in [7, 11) is 0. The molecule has 0 aliphatic heterocycles. The van der Waals surface area contributed by atoms with Crippen molar-refractivity contribution in [2.24, 2.45) is 0 Å². The lowest BCUT2D eigenvalue weighted by atomic mass is 10.1. The number of para-hydroxylation sites is 1. The Balaban J connectivity index is 1.58. The van der Waals surface area contributed by atoms with Gasteiger partial charge < -0.3 is 9.88 Å². The zero-order chi connectivity index (χ0) is 21.5. The van der Waals surface area contributed by atoms with Crippen LogP contribution >= 0.6 is 0 Å². The van der Waals surface area contributed by atoms with Gasteiger partial charge in [0.15, 0.2) is 5.82 Å². The molecule has 2 aromatic carbocycles. The first kappa shape index (κ1) is 19.2. The molecule has 7 heteroatoms. The SMILES string of the molecule is Cc1ccc(-c2nc3n(CC(=O)Nc4ccccc4C)c4c(c(=O)n3n2)CCC4)cc1. The van der Waals surface area contributed by atoms with Crippen LogP contribution < -0.4 is 10.9 Å². The molecule has 156 valence electrons. The van der Waals surface area contributed by atoms with Crippen LogP contribution in [0.3, 0.4) is 0 Å². The minimum atomic E-state index is -0.158. The number of anilines is 1. The highest BCUT2D eigenvalue weighted by molar-refractivity contribution is 5.91. The molecule has 0 saturated carbocycles. The summed E-state index contributed by atoms with van der Waals surface area (Å²) >= 11 is 0. The predicted molar refractivity (Wildman–Crippen MR) is 119 cm³/mol. The van der Waals surface area contributed by atoms with E-state index in [1.807, 2.05) is 66.9 Å². The van der Waals surface area contributed by atoms with E-state index in [1.54, 1.807) is 0 Å². The van der Waals surface area contributed by atoms with E-state index < -0.39 is 0 Å². The topological polar surface area (TPSA) is 81.3 Å². The number of aryl methyl sites for hydroxylation is 2. The van der Waals surface area contributed by atoms with Gasteiger partial charge in [-0.1, -0.05) is 48.0 Å². The first-order valence-electron chi connectivity index (χ1n) is 10.4. The molecule has 1 aliphatic carbocycles. The number of carbonyl (C=O) groups is 1. The van der Waals surface area contributed by atoms with Crippen molar-refractivity contribution in [3.8, 4) is 11.4 Å². The summed E-state index contributed by atoms with van der Waals surface area (Å²) in [5.74, 6) is 0.726. The first-order chi connectivity index (χ1) is 15.0. The lowest BCUT2D eigenvalue weighted by Gasteiger charge is -2.14. The van der Waals surface area contributed by atoms with E-state index >= 15 is 0 Å². The second kappa shape index (κ2) is 7.50. The molecule has 7 nitrogen and oxygen atoms in total. The summed E-state index contributed by atoms with van der Waals surface area (Å²) in [6, 6.07) is 15.5. The summed E-state index contributed by atoms with van der Waals surface area (Å²) in [5.41, 5.74) is 5.24. The van der Waals surface area contributed by atoms with Crippen molar-refractivity contribution in [2.75, 3.05) is 5.32 Å². The quantitative estimate of drug-likeness (QED) is 0.557. The third-order valence-corrected chi connectivity index (χ3v) is 5.83. The van der Waals surface area contributed by atoms with Gasteiger partial charge in [0.2, 0.25) is 11.7 Å². The van der Waals surface area contributed by atoms with Crippen molar-refractivity contribution in [2.45, 2.75) is 39.7 Å². The number of hydrogen-bond acceptors (Lipinski definition) is 4. The Labute approximate surface area is 179 Å². The van der Waals surface area contributed by atoms with E-state index in [4.69, 9.17) is 0 Å². The second-order valence-corrected chi connectivity index (χ2v) is 8.05. The lowest BCUT2D eigenvalue weighted by molar-refractivity contribution is -0.116. The smallest absolute Gasteiger partial charge is 0.279 e. The predicted octanol–water partition coefficient (Wildman–Crippen LogP) is 3.30. The summed E-state index contributed by atoms with van der Waals surface area (Å²) < 4.78 is 3.20. The maximum absolute atomic E-state index is 13.0. The van der Waals surface area contributed by atoms with Crippen molar-refractivity contribution in [3.05, 3.63) is 81.3 Å². The Morgan fingerprint density at radius 2 is 1.84 bits per heavy atom. The molecule has 4 aromatic rings. The molecule has 5 rings (SSSR count). The number of rotatable bonds is 4. The number of nitrogens with one attached hydrogen (secondary N) is 1. The maximum atomic E-state index is 13.0. The molecule has 1 aliphatic rings. The fraction of sp³-hybridized carbons (Fsp3) is 0.250. The van der Waals surface area contributed by atoms with Crippen molar-refractivity contribution >= 4 is 17.4 Å². The van der Waals surface area contributed by atoms with Gasteiger partial charge in [0, 0.05) is 22.5 Å². The van der Waals surface area contributed by atoms with E-state index in [0.29, 0.717) is 18.0 Å². The summed E-state index contributed by atoms with van der Waals surface area (Å²) in [4.78, 5) is 30.6. The van der Waals surface area contributed by atoms with Crippen molar-refractivity contribution in [3.63, 3.8) is 0 Å². The third-order valence-electron chi connectivity index (χ3n) is 5.83. The van der Waals surface area contributed by atoms with Gasteiger partial charge >= 0.3 is 0 Å². The molecule has 2 aromatic heterocycles. The van der Waals surface area contributed by atoms with Gasteiger partial charge in [-0.05, 0) is 44.7 Å². The van der Waals surface area contributed by atoms with E-state index in [0.717, 1.165) is 46.5 Å². The molecule has 2 heterocycles. The molecule has 1 amide bonds. The maximum Gasteiger partial charge on any atom is 0.279 e. The summed E-state index contributed by atoms with van der Waals surface area (Å²) in [6.07, 6.45) is 2.34. The molecular formula is C24H23N5O2. The Hall–Kier alpha value is -3.74. The molecule has 0 fully saturated rings. The molecule has 0 unspecified atom stereocenters. The third kappa shape index (κ3) is 3.42. The summed E-state index contributed by atoms with van der Waals surface area (Å²) in [6.45, 7) is 4.05. The highest BCUT2D eigenvalue weighted by atomic mass is 16.2. The number of carbonyl (C=O) groups excluding carboxylic acids is 1. The highest BCUT2D eigenvalue weighted by Gasteiger charge is 2.25. The second-order valence-electron chi connectivity index (χ2n) is 8.05. The van der Waals surface area contributed by atoms with Crippen LogP contribution in [-0.4, -0.2) is 25.1 Å². The van der Waals surface area contributed by atoms with Crippen molar-refractivity contribution < 1.29 is 4.79 Å². The van der Waals surface area contributed by atoms with Gasteiger partial charge in [-0.25, -0.2) is 0 Å². The largest absolute Gasteiger partial charge is 0.324 e. The van der Waals surface area contributed by atoms with Crippen LogP contribution in [0.2, 0.25) is 0 Å². The lowest BCUT2D eigenvalue weighted by Crippen LogP contribution is -2.28. The molecule has 1 N–H and O–H groups in total. The number of nitrogens with zero attached hydrogens (tertiary/aromatic N) is 4. The summed E-state index contributed by atoms with van der Waals surface area (Å²) in [5, 5.41) is 7.47. The minimum Gasteiger partial charge on any atom is -0.324 e. The zero-order valence-electron chi connectivity index (χ0n) is 17.6. The van der Waals surface area contributed by atoms with Crippen LogP contribution in [0, 0.1) is 13.8 Å². The standard InChI is InChI=1S/C24H23N5O2/c1-15-10-12-17(13-11-15)22-26-24-28(14-21(30)25-19-8-4-3-6-16(19)2)20-9-5-7-18(20)23(31)29(24)27-22/h3-4,6,8,10-13H,5,7,9,14H2,1-2H3,(H,25,30). The van der Waals surface area contributed by atoms with E-state index in [2.05, 4.69) is 15.4 Å². The van der Waals surface area contributed by atoms with Crippen molar-refractivity contribution in [1.29, 1.82) is 0 Å². The van der Waals surface area contributed by atoms with Crippen molar-refractivity contribution in [1.82, 2.24) is 19.2 Å². The van der Waals surface area contributed by atoms with Crippen LogP contribution in [0.4, 0.5) is 5.69 Å². The number of aromatic nitrogens is 4. The van der Waals surface area contributed by atoms with Gasteiger partial charge in [0.05, 0.1) is 0 Å². The molecule has 0 atom stereocenters. The number of benzene rings is 2. The van der Waals surface area contributed by atoms with Crippen LogP contribution in [0.1, 0.15) is 28.8 Å². The average molecular weight is 413 g/mol. The minimum absolute atomic E-state index is 0.0759. The Morgan fingerprint density at radius 1 is 1.06 bits per heavy atom. The Morgan fingerprint density at radius 3 is 2.61 bits per heavy atom. The van der Waals surface area contributed by atoms with Crippen LogP contribution in [0.25, 0.3) is 17.2 Å². The van der Waals surface area contributed by atoms with E-state index in [9.17, 15) is 9.59 Å². The van der Waals surface area contributed by atoms with E-state index in [-0.39, 0.29) is 18.0 Å². The molecular weight excluding hydrogens is 390 g/mol. The van der Waals surface area contributed by atoms with Crippen LogP contribution in [0.5, 0.6) is 0 Å². The van der Waals surface area contributed by atoms with Gasteiger partial charge in [0.25, 0.3) is 5.56 Å². The average Bonchev–Trinajstić information content (AvgIpc) is 3.41. The van der Waals surface area contributed by atoms with Crippen LogP contribution in [-0.2, 0) is 24.2 Å². The Bertz CT molecular complexity index is 1370.